The highest BCUT2D eigenvalue weighted by atomic mass is 28.4. The molecule has 0 aromatic heterocycles. The maximum atomic E-state index is 6.74. The Hall–Kier alpha value is -3.76. The molecular weight excluding hydrogens is 496 g/mol. The Bertz CT molecular complexity index is 1340. The largest absolute Gasteiger partial charge is 0.541 e. The first-order valence-electron chi connectivity index (χ1n) is 13.6. The summed E-state index contributed by atoms with van der Waals surface area (Å²) in [5.41, 5.74) is 4.63. The molecule has 4 heteroatoms. The topological polar surface area (TPSA) is 27.7 Å². The smallest absolute Gasteiger partial charge is 0.250 e. The van der Waals surface area contributed by atoms with Crippen LogP contribution in [0.4, 0.5) is 0 Å². The minimum atomic E-state index is -2.04. The van der Waals surface area contributed by atoms with Crippen molar-refractivity contribution >= 4 is 14.4 Å². The second kappa shape index (κ2) is 12.9. The second-order valence-corrected chi connectivity index (χ2v) is 16.1. The highest BCUT2D eigenvalue weighted by Gasteiger charge is 2.39. The summed E-state index contributed by atoms with van der Waals surface area (Å²) in [5.74, 6) is 2.50. The van der Waals surface area contributed by atoms with E-state index < -0.39 is 8.32 Å². The van der Waals surface area contributed by atoms with Crippen LogP contribution in [-0.4, -0.2) is 8.32 Å². The van der Waals surface area contributed by atoms with Gasteiger partial charge >= 0.3 is 0 Å². The van der Waals surface area contributed by atoms with Crippen LogP contribution in [-0.2, 0) is 19.6 Å². The molecule has 4 rings (SSSR count). The molecule has 0 spiro atoms. The van der Waals surface area contributed by atoms with Gasteiger partial charge in [0.25, 0.3) is 8.32 Å². The maximum absolute atomic E-state index is 6.74. The molecule has 0 saturated carbocycles. The van der Waals surface area contributed by atoms with E-state index in [0.29, 0.717) is 13.2 Å². The molecule has 0 atom stereocenters. The first kappa shape index (κ1) is 28.3. The predicted octanol–water partition coefficient (Wildman–Crippen LogP) is 9.48. The molecule has 0 bridgehead atoms. The van der Waals surface area contributed by atoms with Crippen LogP contribution in [0.25, 0.3) is 6.08 Å². The van der Waals surface area contributed by atoms with E-state index in [4.69, 9.17) is 13.9 Å². The van der Waals surface area contributed by atoms with E-state index in [-0.39, 0.29) is 5.04 Å². The molecule has 39 heavy (non-hydrogen) atoms. The van der Waals surface area contributed by atoms with Gasteiger partial charge in [0.2, 0.25) is 0 Å². The number of hydrogen-bond acceptors (Lipinski definition) is 3. The molecule has 0 N–H and O–H groups in total. The third-order valence-electron chi connectivity index (χ3n) is 7.21. The van der Waals surface area contributed by atoms with Gasteiger partial charge in [0, 0.05) is 0 Å². The van der Waals surface area contributed by atoms with Crippen molar-refractivity contribution < 1.29 is 13.9 Å². The van der Waals surface area contributed by atoms with Crippen LogP contribution < -0.4 is 13.9 Å². The van der Waals surface area contributed by atoms with E-state index in [9.17, 15) is 0 Å². The molecule has 0 aliphatic heterocycles. The fourth-order valence-electron chi connectivity index (χ4n) is 3.79. The van der Waals surface area contributed by atoms with Crippen LogP contribution in [0.5, 0.6) is 17.2 Å². The Labute approximate surface area is 235 Å². The highest BCUT2D eigenvalue weighted by molar-refractivity contribution is 6.74. The van der Waals surface area contributed by atoms with Gasteiger partial charge in [-0.1, -0.05) is 112 Å². The van der Waals surface area contributed by atoms with Gasteiger partial charge in [-0.25, -0.2) is 0 Å². The van der Waals surface area contributed by atoms with Gasteiger partial charge in [-0.2, -0.15) is 0 Å². The summed E-state index contributed by atoms with van der Waals surface area (Å²) in [6.07, 6.45) is 5.14. The van der Waals surface area contributed by atoms with Gasteiger partial charge in [0.05, 0.1) is 0 Å². The van der Waals surface area contributed by atoms with Crippen molar-refractivity contribution in [2.75, 3.05) is 0 Å². The van der Waals surface area contributed by atoms with E-state index in [0.717, 1.165) is 40.4 Å². The Morgan fingerprint density at radius 3 is 1.82 bits per heavy atom. The first-order valence-corrected chi connectivity index (χ1v) is 16.5. The third kappa shape index (κ3) is 8.36. The van der Waals surface area contributed by atoms with Gasteiger partial charge < -0.3 is 13.9 Å². The molecule has 4 aromatic carbocycles. The molecule has 0 aliphatic rings. The zero-order valence-corrected chi connectivity index (χ0v) is 24.8. The Kier molecular flexibility index (Phi) is 9.31. The Morgan fingerprint density at radius 1 is 0.641 bits per heavy atom. The number of allylic oxidation sites excluding steroid dienone is 1. The van der Waals surface area contributed by atoms with Crippen molar-refractivity contribution in [3.8, 4) is 17.2 Å². The summed E-state index contributed by atoms with van der Waals surface area (Å²) in [7, 11) is -2.04. The molecule has 0 aliphatic carbocycles. The van der Waals surface area contributed by atoms with Crippen molar-refractivity contribution in [2.24, 2.45) is 0 Å². The predicted molar refractivity (Wildman–Crippen MR) is 165 cm³/mol. The van der Waals surface area contributed by atoms with E-state index >= 15 is 0 Å². The van der Waals surface area contributed by atoms with Gasteiger partial charge in [0.1, 0.15) is 24.7 Å². The van der Waals surface area contributed by atoms with Gasteiger partial charge in [0.15, 0.2) is 5.75 Å². The lowest BCUT2D eigenvalue weighted by molar-refractivity contribution is 0.294. The molecule has 0 fully saturated rings. The summed E-state index contributed by atoms with van der Waals surface area (Å²) < 4.78 is 18.9. The zero-order chi connectivity index (χ0) is 27.7. The summed E-state index contributed by atoms with van der Waals surface area (Å²) in [4.78, 5) is 0. The fraction of sp³-hybridized carbons (Fsp3) is 0.257. The van der Waals surface area contributed by atoms with Gasteiger partial charge in [-0.3, -0.25) is 0 Å². The SMILES string of the molecule is CC(C)(C)[Si](C)(C)Oc1cc(C/C=C/c2ccc(OCc3ccccc3)cc2)ccc1OCc1ccccc1. The number of benzene rings is 4. The first-order chi connectivity index (χ1) is 18.7. The van der Waals surface area contributed by atoms with Crippen molar-refractivity contribution in [3.05, 3.63) is 131 Å². The van der Waals surface area contributed by atoms with Crippen molar-refractivity contribution in [3.63, 3.8) is 0 Å². The van der Waals surface area contributed by atoms with Crippen LogP contribution in [0.3, 0.4) is 0 Å². The monoisotopic (exact) mass is 536 g/mol. The lowest BCUT2D eigenvalue weighted by Gasteiger charge is -2.37. The molecule has 0 saturated heterocycles. The van der Waals surface area contributed by atoms with Crippen molar-refractivity contribution in [1.29, 1.82) is 0 Å². The molecule has 3 nitrogen and oxygen atoms in total. The molecule has 4 aromatic rings. The van der Waals surface area contributed by atoms with Crippen LogP contribution in [0.15, 0.2) is 109 Å². The Morgan fingerprint density at radius 2 is 1.23 bits per heavy atom. The van der Waals surface area contributed by atoms with Crippen molar-refractivity contribution in [2.45, 2.75) is 58.5 Å². The zero-order valence-electron chi connectivity index (χ0n) is 23.8. The minimum absolute atomic E-state index is 0.0938. The number of ether oxygens (including phenoxy) is 2. The summed E-state index contributed by atoms with van der Waals surface area (Å²) >= 11 is 0. The lowest BCUT2D eigenvalue weighted by atomic mass is 10.1. The number of hydrogen-bond donors (Lipinski definition) is 0. The standard InChI is InChI=1S/C35H40O3Si/c1-35(2,3)39(4,5)38-34-25-29(21-24-33(34)37-27-31-15-10-7-11-16-31)18-12-17-28-19-22-32(23-20-28)36-26-30-13-8-6-9-14-30/h6-17,19-25H,18,26-27H2,1-5H3/b17-12+. The molecule has 0 heterocycles. The average Bonchev–Trinajstić information content (AvgIpc) is 2.92. The van der Waals surface area contributed by atoms with Crippen LogP contribution in [0.2, 0.25) is 18.1 Å². The van der Waals surface area contributed by atoms with Gasteiger partial charge in [-0.15, -0.1) is 0 Å². The molecular formula is C35H40O3Si. The lowest BCUT2D eigenvalue weighted by Crippen LogP contribution is -2.44. The minimum Gasteiger partial charge on any atom is -0.541 e. The maximum Gasteiger partial charge on any atom is 0.250 e. The normalized spacial score (nSPS) is 11.9. The number of rotatable bonds is 11. The summed E-state index contributed by atoms with van der Waals surface area (Å²) in [5, 5.41) is 0.0938. The van der Waals surface area contributed by atoms with E-state index in [1.807, 2.05) is 54.6 Å². The summed E-state index contributed by atoms with van der Waals surface area (Å²) in [6.45, 7) is 12.4. The van der Waals surface area contributed by atoms with Crippen molar-refractivity contribution in [1.82, 2.24) is 0 Å². The van der Waals surface area contributed by atoms with Crippen LogP contribution >= 0.6 is 0 Å². The molecule has 0 amide bonds. The van der Waals surface area contributed by atoms with Gasteiger partial charge in [-0.05, 0) is 71.1 Å². The third-order valence-corrected chi connectivity index (χ3v) is 11.6. The quantitative estimate of drug-likeness (QED) is 0.179. The summed E-state index contributed by atoms with van der Waals surface area (Å²) in [6, 6.07) is 35.0. The van der Waals surface area contributed by atoms with E-state index in [1.54, 1.807) is 0 Å². The van der Waals surface area contributed by atoms with Crippen LogP contribution in [0.1, 0.15) is 43.0 Å². The highest BCUT2D eigenvalue weighted by Crippen LogP contribution is 2.40. The Balaban J connectivity index is 1.42. The van der Waals surface area contributed by atoms with Crippen LogP contribution in [0, 0.1) is 0 Å². The van der Waals surface area contributed by atoms with E-state index in [1.165, 1.54) is 5.56 Å². The second-order valence-electron chi connectivity index (χ2n) is 11.4. The molecule has 0 unspecified atom stereocenters. The molecule has 0 radical (unpaired) electrons. The molecule has 202 valence electrons. The average molecular weight is 537 g/mol. The fourth-order valence-corrected chi connectivity index (χ4v) is 4.80. The van der Waals surface area contributed by atoms with E-state index in [2.05, 4.69) is 94.5 Å².